The molecule has 6 N–H and O–H groups in total. The van der Waals surface area contributed by atoms with E-state index in [1.807, 2.05) is 6.07 Å². The molecule has 2 aliphatic rings. The molecule has 0 saturated carbocycles. The number of halogens is 1. The van der Waals surface area contributed by atoms with Crippen molar-refractivity contribution in [2.45, 2.75) is 35.4 Å². The quantitative estimate of drug-likeness (QED) is 0.516. The number of nitrogen functional groups attached to an aromatic ring is 1. The van der Waals surface area contributed by atoms with E-state index in [4.69, 9.17) is 28.8 Å². The average Bonchev–Trinajstić information content (AvgIpc) is 3.08. The Morgan fingerprint density at radius 1 is 1.15 bits per heavy atom. The van der Waals surface area contributed by atoms with Crippen LogP contribution in [-0.4, -0.2) is 33.9 Å². The van der Waals surface area contributed by atoms with Crippen molar-refractivity contribution < 1.29 is 4.79 Å². The monoisotopic (exact) mass is 481 g/mol. The van der Waals surface area contributed by atoms with Gasteiger partial charge in [0.05, 0.1) is 11.2 Å². The van der Waals surface area contributed by atoms with Gasteiger partial charge in [-0.3, -0.25) is 4.79 Å². The highest BCUT2D eigenvalue weighted by molar-refractivity contribution is 7.99. The van der Waals surface area contributed by atoms with Crippen LogP contribution in [-0.2, 0) is 6.42 Å². The van der Waals surface area contributed by atoms with Gasteiger partial charge in [0.1, 0.15) is 15.9 Å². The van der Waals surface area contributed by atoms with Crippen LogP contribution >= 0.6 is 23.4 Å². The molecule has 1 atom stereocenters. The van der Waals surface area contributed by atoms with Crippen molar-refractivity contribution in [1.82, 2.24) is 15.0 Å². The number of rotatable bonds is 4. The average molecular weight is 482 g/mol. The molecule has 1 fully saturated rings. The lowest BCUT2D eigenvalue weighted by Gasteiger charge is -2.42. The van der Waals surface area contributed by atoms with Crippen LogP contribution in [0.25, 0.3) is 0 Å². The third-order valence-corrected chi connectivity index (χ3v) is 7.98. The van der Waals surface area contributed by atoms with Crippen molar-refractivity contribution in [1.29, 1.82) is 0 Å². The number of aromatic nitrogens is 3. The molecule has 5 rings (SSSR count). The number of primary amides is 1. The summed E-state index contributed by atoms with van der Waals surface area (Å²) in [6, 6.07) is 11.7. The third-order valence-electron chi connectivity index (χ3n) is 6.65. The van der Waals surface area contributed by atoms with Crippen molar-refractivity contribution >= 4 is 40.9 Å². The Balaban J connectivity index is 1.36. The van der Waals surface area contributed by atoms with Crippen LogP contribution in [0.1, 0.15) is 40.5 Å². The van der Waals surface area contributed by atoms with E-state index in [-0.39, 0.29) is 17.2 Å². The van der Waals surface area contributed by atoms with Crippen LogP contribution in [0, 0.1) is 5.41 Å². The van der Waals surface area contributed by atoms with Gasteiger partial charge in [0.2, 0.25) is 0 Å². The summed E-state index contributed by atoms with van der Waals surface area (Å²) < 4.78 is 0. The molecule has 1 aliphatic heterocycles. The minimum absolute atomic E-state index is 0.0203. The maximum absolute atomic E-state index is 12.2. The number of amides is 1. The minimum Gasteiger partial charge on any atom is -0.384 e. The number of anilines is 2. The maximum Gasteiger partial charge on any atom is 0.271 e. The van der Waals surface area contributed by atoms with Gasteiger partial charge in [0, 0.05) is 19.1 Å². The number of nitrogens with two attached hydrogens (primary N) is 3. The Bertz CT molecular complexity index is 1230. The maximum atomic E-state index is 12.2. The van der Waals surface area contributed by atoms with E-state index >= 15 is 0 Å². The molecule has 10 heteroatoms. The van der Waals surface area contributed by atoms with Gasteiger partial charge < -0.3 is 22.1 Å². The van der Waals surface area contributed by atoms with Gasteiger partial charge in [-0.15, -0.1) is 0 Å². The summed E-state index contributed by atoms with van der Waals surface area (Å²) in [4.78, 5) is 27.6. The second-order valence-corrected chi connectivity index (χ2v) is 9.99. The second-order valence-electron chi connectivity index (χ2n) is 8.57. The van der Waals surface area contributed by atoms with E-state index in [0.717, 1.165) is 32.4 Å². The van der Waals surface area contributed by atoms with E-state index in [1.54, 1.807) is 18.3 Å². The van der Waals surface area contributed by atoms with Crippen LogP contribution in [0.4, 0.5) is 11.6 Å². The molecule has 2 aromatic heterocycles. The van der Waals surface area contributed by atoms with Crippen molar-refractivity contribution in [3.8, 4) is 0 Å². The summed E-state index contributed by atoms with van der Waals surface area (Å²) in [5.74, 6) is 0.213. The Kier molecular flexibility index (Phi) is 5.64. The summed E-state index contributed by atoms with van der Waals surface area (Å²) in [5.41, 5.74) is 20.9. The molecule has 1 spiro atoms. The Morgan fingerprint density at radius 2 is 1.91 bits per heavy atom. The molecular weight excluding hydrogens is 458 g/mol. The van der Waals surface area contributed by atoms with Gasteiger partial charge in [0.15, 0.2) is 11.5 Å². The molecule has 3 heterocycles. The molecule has 33 heavy (non-hydrogen) atoms. The molecule has 0 radical (unpaired) electrons. The highest BCUT2D eigenvalue weighted by atomic mass is 35.5. The van der Waals surface area contributed by atoms with Crippen molar-refractivity contribution in [3.63, 3.8) is 0 Å². The number of pyridine rings is 1. The van der Waals surface area contributed by atoms with Crippen LogP contribution in [0.2, 0.25) is 5.02 Å². The zero-order valence-corrected chi connectivity index (χ0v) is 19.4. The number of hydrogen-bond donors (Lipinski definition) is 3. The lowest BCUT2D eigenvalue weighted by molar-refractivity contribution is 0.0994. The predicted molar refractivity (Wildman–Crippen MR) is 129 cm³/mol. The molecule has 0 bridgehead atoms. The summed E-state index contributed by atoms with van der Waals surface area (Å²) in [6.45, 7) is 1.46. The summed E-state index contributed by atoms with van der Waals surface area (Å²) >= 11 is 7.39. The molecule has 1 amide bonds. The third kappa shape index (κ3) is 4.01. The number of fused-ring (bicyclic) bond motifs is 1. The van der Waals surface area contributed by atoms with Gasteiger partial charge in [-0.25, -0.2) is 15.0 Å². The van der Waals surface area contributed by atoms with Crippen LogP contribution in [0.15, 0.2) is 52.6 Å². The molecule has 3 aromatic rings. The number of piperidine rings is 1. The fraction of sp³-hybridized carbons (Fsp3) is 0.304. The number of benzene rings is 1. The highest BCUT2D eigenvalue weighted by Crippen LogP contribution is 2.51. The standard InChI is InChI=1S/C23H24ClN7OS/c24-15-5-6-16(25)29-22(15)33-17-12-28-21(18(30-17)20(27)32)31-9-7-23(8-10-31)11-13-3-1-2-4-14(13)19(23)26/h1-6,12,19H,7-11,26H2,(H2,25,29)(H2,27,32)/t19-/m1/s1. The number of hydrogen-bond acceptors (Lipinski definition) is 8. The zero-order valence-electron chi connectivity index (χ0n) is 17.9. The van der Waals surface area contributed by atoms with E-state index in [9.17, 15) is 4.79 Å². The molecule has 1 saturated heterocycles. The van der Waals surface area contributed by atoms with Gasteiger partial charge >= 0.3 is 0 Å². The first kappa shape index (κ1) is 21.9. The van der Waals surface area contributed by atoms with Gasteiger partial charge in [0.25, 0.3) is 5.91 Å². The molecule has 1 aromatic carbocycles. The number of nitrogens with zero attached hydrogens (tertiary/aromatic N) is 4. The number of carbonyl (C=O) groups is 1. The fourth-order valence-corrected chi connectivity index (χ4v) is 5.87. The van der Waals surface area contributed by atoms with Gasteiger partial charge in [-0.1, -0.05) is 35.9 Å². The minimum atomic E-state index is -0.628. The molecule has 8 nitrogen and oxygen atoms in total. The first-order valence-electron chi connectivity index (χ1n) is 10.7. The van der Waals surface area contributed by atoms with Crippen LogP contribution in [0.3, 0.4) is 0 Å². The van der Waals surface area contributed by atoms with E-state index in [1.165, 1.54) is 22.9 Å². The second kappa shape index (κ2) is 8.48. The van der Waals surface area contributed by atoms with Crippen LogP contribution < -0.4 is 22.1 Å². The summed E-state index contributed by atoms with van der Waals surface area (Å²) in [6.07, 6.45) is 4.40. The largest absolute Gasteiger partial charge is 0.384 e. The van der Waals surface area contributed by atoms with Gasteiger partial charge in [-0.05, 0) is 59.7 Å². The first-order valence-corrected chi connectivity index (χ1v) is 11.9. The highest BCUT2D eigenvalue weighted by Gasteiger charge is 2.46. The SMILES string of the molecule is NC(=O)c1nc(Sc2nc(N)ccc2Cl)cnc1N1CCC2(CC1)Cc1ccccc1[C@H]2N. The molecule has 1 aliphatic carbocycles. The number of carbonyl (C=O) groups excluding carboxylic acids is 1. The first-order chi connectivity index (χ1) is 15.9. The normalized spacial score (nSPS) is 19.0. The van der Waals surface area contributed by atoms with Gasteiger partial charge in [-0.2, -0.15) is 0 Å². The van der Waals surface area contributed by atoms with Crippen molar-refractivity contribution in [3.05, 3.63) is 64.4 Å². The Hall–Kier alpha value is -2.88. The van der Waals surface area contributed by atoms with Crippen molar-refractivity contribution in [2.75, 3.05) is 23.7 Å². The molecule has 170 valence electrons. The smallest absolute Gasteiger partial charge is 0.271 e. The van der Waals surface area contributed by atoms with E-state index in [2.05, 4.69) is 38.1 Å². The van der Waals surface area contributed by atoms with E-state index in [0.29, 0.717) is 26.7 Å². The fourth-order valence-electron chi connectivity index (χ4n) is 4.89. The van der Waals surface area contributed by atoms with E-state index < -0.39 is 5.91 Å². The summed E-state index contributed by atoms with van der Waals surface area (Å²) in [5, 5.41) is 1.40. The Labute approximate surface area is 200 Å². The topological polar surface area (TPSA) is 137 Å². The zero-order chi connectivity index (χ0) is 23.2. The summed E-state index contributed by atoms with van der Waals surface area (Å²) in [7, 11) is 0. The van der Waals surface area contributed by atoms with Crippen LogP contribution in [0.5, 0.6) is 0 Å². The predicted octanol–water partition coefficient (Wildman–Crippen LogP) is 3.20. The lowest BCUT2D eigenvalue weighted by Crippen LogP contribution is -2.45. The van der Waals surface area contributed by atoms with Crippen molar-refractivity contribution in [2.24, 2.45) is 16.9 Å². The lowest BCUT2D eigenvalue weighted by atomic mass is 9.73. The molecular formula is C23H24ClN7OS. The molecule has 0 unspecified atom stereocenters. The Morgan fingerprint density at radius 3 is 2.64 bits per heavy atom.